The smallest absolute Gasteiger partial charge is 0.322 e. The number of rotatable bonds is 6. The molecule has 0 aliphatic rings. The van der Waals surface area contributed by atoms with Crippen molar-refractivity contribution in [3.8, 4) is 0 Å². The Balaban J connectivity index is 2.96. The van der Waals surface area contributed by atoms with Crippen LogP contribution in [-0.2, 0) is 21.2 Å². The Kier molecular flexibility index (Phi) is 4.89. The molecule has 0 aliphatic heterocycles. The van der Waals surface area contributed by atoms with Crippen LogP contribution in [0.15, 0.2) is 16.3 Å². The Morgan fingerprint density at radius 1 is 1.44 bits per heavy atom. The number of carboxylic acid groups (broad SMARTS) is 1. The fourth-order valence-electron chi connectivity index (χ4n) is 1.39. The second kappa shape index (κ2) is 5.81. The molecule has 0 aromatic carbocycles. The molecule has 1 heterocycles. The summed E-state index contributed by atoms with van der Waals surface area (Å²) in [6, 6.07) is 2.14. The van der Waals surface area contributed by atoms with E-state index < -0.39 is 22.0 Å². The molecule has 0 saturated heterocycles. The number of hydrogen-bond acceptors (Lipinski definition) is 4. The first-order valence-electron chi connectivity index (χ1n) is 5.61. The van der Waals surface area contributed by atoms with Crippen LogP contribution >= 0.6 is 11.3 Å². The van der Waals surface area contributed by atoms with E-state index in [1.807, 2.05) is 6.92 Å². The van der Waals surface area contributed by atoms with Crippen LogP contribution in [0.2, 0.25) is 0 Å². The molecule has 0 spiro atoms. The number of thiophene rings is 1. The molecule has 1 rings (SSSR count). The van der Waals surface area contributed by atoms with Crippen LogP contribution in [0.3, 0.4) is 0 Å². The fraction of sp³-hybridized carbons (Fsp3) is 0.545. The molecule has 0 radical (unpaired) electrons. The number of aliphatic carboxylic acids is 1. The van der Waals surface area contributed by atoms with Crippen LogP contribution in [0, 0.1) is 5.92 Å². The first-order chi connectivity index (χ1) is 8.27. The van der Waals surface area contributed by atoms with Crippen LogP contribution in [0.5, 0.6) is 0 Å². The number of aryl methyl sites for hydroxylation is 1. The minimum Gasteiger partial charge on any atom is -0.480 e. The van der Waals surface area contributed by atoms with Crippen molar-refractivity contribution in [3.63, 3.8) is 0 Å². The Bertz CT molecular complexity index is 519. The summed E-state index contributed by atoms with van der Waals surface area (Å²) in [7, 11) is -3.75. The van der Waals surface area contributed by atoms with E-state index in [9.17, 15) is 13.2 Å². The molecule has 0 fully saturated rings. The van der Waals surface area contributed by atoms with Crippen molar-refractivity contribution in [2.24, 2.45) is 5.92 Å². The van der Waals surface area contributed by atoms with Crippen LogP contribution in [-0.4, -0.2) is 25.5 Å². The Morgan fingerprint density at radius 3 is 2.44 bits per heavy atom. The minimum absolute atomic E-state index is 0.159. The molecule has 7 heteroatoms. The van der Waals surface area contributed by atoms with E-state index in [1.54, 1.807) is 19.9 Å². The molecule has 5 nitrogen and oxygen atoms in total. The van der Waals surface area contributed by atoms with E-state index in [4.69, 9.17) is 5.11 Å². The van der Waals surface area contributed by atoms with E-state index in [0.717, 1.165) is 22.6 Å². The SMILES string of the molecule is CCc1ccc(S(=O)(=O)N[C@H](C(=O)O)C(C)C)s1. The lowest BCUT2D eigenvalue weighted by atomic mass is 10.1. The van der Waals surface area contributed by atoms with Gasteiger partial charge in [0, 0.05) is 4.88 Å². The van der Waals surface area contributed by atoms with Gasteiger partial charge in [0.2, 0.25) is 0 Å². The monoisotopic (exact) mass is 291 g/mol. The predicted octanol–water partition coefficient (Wildman–Crippen LogP) is 1.70. The van der Waals surface area contributed by atoms with Gasteiger partial charge in [0.05, 0.1) is 0 Å². The van der Waals surface area contributed by atoms with Gasteiger partial charge in [0.1, 0.15) is 10.3 Å². The van der Waals surface area contributed by atoms with Gasteiger partial charge in [-0.05, 0) is 24.5 Å². The highest BCUT2D eigenvalue weighted by atomic mass is 32.2. The quantitative estimate of drug-likeness (QED) is 0.835. The van der Waals surface area contributed by atoms with Crippen LogP contribution in [0.25, 0.3) is 0 Å². The lowest BCUT2D eigenvalue weighted by Crippen LogP contribution is -2.43. The second-order valence-corrected chi connectivity index (χ2v) is 7.36. The van der Waals surface area contributed by atoms with Gasteiger partial charge in [-0.2, -0.15) is 4.72 Å². The summed E-state index contributed by atoms with van der Waals surface area (Å²) < 4.78 is 26.4. The van der Waals surface area contributed by atoms with E-state index in [2.05, 4.69) is 4.72 Å². The standard InChI is InChI=1S/C11H17NO4S2/c1-4-8-5-6-9(17-8)18(15,16)12-10(7(2)3)11(13)14/h5-7,10,12H,4H2,1-3H3,(H,13,14)/t10-/m0/s1. The Morgan fingerprint density at radius 2 is 2.06 bits per heavy atom. The van der Waals surface area contributed by atoms with Crippen LogP contribution in [0.4, 0.5) is 0 Å². The van der Waals surface area contributed by atoms with E-state index in [-0.39, 0.29) is 10.1 Å². The highest BCUT2D eigenvalue weighted by molar-refractivity contribution is 7.91. The normalized spacial score (nSPS) is 13.8. The molecule has 1 aromatic heterocycles. The molecule has 0 amide bonds. The largest absolute Gasteiger partial charge is 0.480 e. The van der Waals surface area contributed by atoms with Gasteiger partial charge in [0.15, 0.2) is 0 Å². The maximum Gasteiger partial charge on any atom is 0.322 e. The average Bonchev–Trinajstić information content (AvgIpc) is 2.74. The Hall–Kier alpha value is -0.920. The highest BCUT2D eigenvalue weighted by Gasteiger charge is 2.28. The topological polar surface area (TPSA) is 83.5 Å². The highest BCUT2D eigenvalue weighted by Crippen LogP contribution is 2.22. The summed E-state index contributed by atoms with van der Waals surface area (Å²) in [5.41, 5.74) is 0. The van der Waals surface area contributed by atoms with Gasteiger partial charge in [0.25, 0.3) is 10.0 Å². The molecule has 18 heavy (non-hydrogen) atoms. The predicted molar refractivity (Wildman–Crippen MR) is 70.3 cm³/mol. The first-order valence-corrected chi connectivity index (χ1v) is 7.91. The third kappa shape index (κ3) is 3.54. The number of carboxylic acids is 1. The van der Waals surface area contributed by atoms with Gasteiger partial charge in [-0.15, -0.1) is 11.3 Å². The molecule has 2 N–H and O–H groups in total. The summed E-state index contributed by atoms with van der Waals surface area (Å²) in [5, 5.41) is 8.98. The zero-order chi connectivity index (χ0) is 13.9. The molecule has 1 aromatic rings. The van der Waals surface area contributed by atoms with Crippen molar-refractivity contribution < 1.29 is 18.3 Å². The molecular formula is C11H17NO4S2. The zero-order valence-electron chi connectivity index (χ0n) is 10.5. The third-order valence-electron chi connectivity index (χ3n) is 2.47. The molecular weight excluding hydrogens is 274 g/mol. The number of sulfonamides is 1. The van der Waals surface area contributed by atoms with Crippen molar-refractivity contribution >= 4 is 27.3 Å². The van der Waals surface area contributed by atoms with Crippen molar-refractivity contribution in [1.82, 2.24) is 4.72 Å². The van der Waals surface area contributed by atoms with E-state index >= 15 is 0 Å². The maximum absolute atomic E-state index is 12.0. The first kappa shape index (κ1) is 15.1. The second-order valence-electron chi connectivity index (χ2n) is 4.26. The van der Waals surface area contributed by atoms with E-state index in [1.165, 1.54) is 6.07 Å². The van der Waals surface area contributed by atoms with Gasteiger partial charge in [-0.1, -0.05) is 20.8 Å². The lowest BCUT2D eigenvalue weighted by molar-refractivity contribution is -0.140. The molecule has 0 bridgehead atoms. The lowest BCUT2D eigenvalue weighted by Gasteiger charge is -2.17. The summed E-state index contributed by atoms with van der Waals surface area (Å²) in [6.45, 7) is 5.25. The fourth-order valence-corrected chi connectivity index (χ4v) is 4.04. The van der Waals surface area contributed by atoms with Crippen molar-refractivity contribution in [1.29, 1.82) is 0 Å². The summed E-state index contributed by atoms with van der Waals surface area (Å²) in [6.07, 6.45) is 0.757. The van der Waals surface area contributed by atoms with Crippen LogP contribution < -0.4 is 4.72 Å². The van der Waals surface area contributed by atoms with Gasteiger partial charge in [-0.25, -0.2) is 8.42 Å². The summed E-state index contributed by atoms with van der Waals surface area (Å²) in [5.74, 6) is -1.48. The molecule has 0 aliphatic carbocycles. The van der Waals surface area contributed by atoms with Crippen molar-refractivity contribution in [3.05, 3.63) is 17.0 Å². The molecule has 1 atom stereocenters. The number of hydrogen-bond donors (Lipinski definition) is 2. The maximum atomic E-state index is 12.0. The van der Waals surface area contributed by atoms with Gasteiger partial charge >= 0.3 is 5.97 Å². The number of nitrogens with one attached hydrogen (secondary N) is 1. The Labute approximate surface area is 111 Å². The van der Waals surface area contributed by atoms with Gasteiger partial charge in [-0.3, -0.25) is 4.79 Å². The third-order valence-corrected chi connectivity index (χ3v) is 5.63. The molecule has 0 unspecified atom stereocenters. The molecule has 102 valence electrons. The molecule has 0 saturated carbocycles. The summed E-state index contributed by atoms with van der Waals surface area (Å²) in [4.78, 5) is 11.9. The van der Waals surface area contributed by atoms with Crippen molar-refractivity contribution in [2.75, 3.05) is 0 Å². The van der Waals surface area contributed by atoms with Gasteiger partial charge < -0.3 is 5.11 Å². The zero-order valence-corrected chi connectivity index (χ0v) is 12.1. The van der Waals surface area contributed by atoms with E-state index in [0.29, 0.717) is 0 Å². The number of carbonyl (C=O) groups is 1. The average molecular weight is 291 g/mol. The summed E-state index contributed by atoms with van der Waals surface area (Å²) >= 11 is 1.16. The minimum atomic E-state index is -3.75. The van der Waals surface area contributed by atoms with Crippen molar-refractivity contribution in [2.45, 2.75) is 37.4 Å². The van der Waals surface area contributed by atoms with Crippen LogP contribution in [0.1, 0.15) is 25.6 Å².